The number of aromatic nitrogens is 3. The number of benzene rings is 1. The van der Waals surface area contributed by atoms with Crippen LogP contribution in [0.1, 0.15) is 37.4 Å². The number of pyridine rings is 1. The number of amides is 1. The number of nitrogens with zero attached hydrogens (tertiary/aromatic N) is 5. The Labute approximate surface area is 206 Å². The average Bonchev–Trinajstić information content (AvgIpc) is 3.52. The maximum Gasteiger partial charge on any atom is 0.419 e. The van der Waals surface area contributed by atoms with E-state index in [0.29, 0.717) is 24.0 Å². The first-order valence-electron chi connectivity index (χ1n) is 11.8. The van der Waals surface area contributed by atoms with E-state index in [-0.39, 0.29) is 41.3 Å². The van der Waals surface area contributed by atoms with Gasteiger partial charge in [-0.25, -0.2) is 9.97 Å². The molecule has 0 aliphatic carbocycles. The van der Waals surface area contributed by atoms with E-state index in [2.05, 4.69) is 20.2 Å². The van der Waals surface area contributed by atoms with Crippen LogP contribution in [-0.4, -0.2) is 57.6 Å². The van der Waals surface area contributed by atoms with Gasteiger partial charge in [-0.3, -0.25) is 9.69 Å². The number of hydrogen-bond donors (Lipinski definition) is 1. The molecule has 0 radical (unpaired) electrons. The molecule has 8 nitrogen and oxygen atoms in total. The summed E-state index contributed by atoms with van der Waals surface area (Å²) >= 11 is 0. The fourth-order valence-corrected chi connectivity index (χ4v) is 4.30. The first-order valence-corrected chi connectivity index (χ1v) is 11.8. The maximum absolute atomic E-state index is 13.8. The maximum atomic E-state index is 13.8. The van der Waals surface area contributed by atoms with Gasteiger partial charge in [-0.1, -0.05) is 0 Å². The Bertz CT molecular complexity index is 1290. The van der Waals surface area contributed by atoms with Crippen LogP contribution in [0.15, 0.2) is 30.6 Å². The lowest BCUT2D eigenvalue weighted by Gasteiger charge is -2.22. The molecule has 11 heteroatoms. The SMILES string of the molecule is CC(C(=O)NCCCOc1ccc(-c2cc3c(ncn3C)c(C#N)n2)cc1C(F)(F)F)N1CCCC1. The number of imidazole rings is 1. The highest BCUT2D eigenvalue weighted by atomic mass is 19.4. The summed E-state index contributed by atoms with van der Waals surface area (Å²) < 4.78 is 48.7. The fourth-order valence-electron chi connectivity index (χ4n) is 4.30. The first-order chi connectivity index (χ1) is 17.2. The summed E-state index contributed by atoms with van der Waals surface area (Å²) in [7, 11) is 1.73. The number of fused-ring (bicyclic) bond motifs is 1. The number of rotatable bonds is 8. The van der Waals surface area contributed by atoms with Crippen molar-refractivity contribution in [1.29, 1.82) is 5.26 Å². The molecule has 1 aliphatic heterocycles. The van der Waals surface area contributed by atoms with Crippen molar-refractivity contribution in [3.63, 3.8) is 0 Å². The minimum Gasteiger partial charge on any atom is -0.493 e. The lowest BCUT2D eigenvalue weighted by molar-refractivity contribution is -0.138. The molecule has 1 atom stereocenters. The molecule has 1 amide bonds. The third kappa shape index (κ3) is 5.44. The predicted octanol–water partition coefficient (Wildman–Crippen LogP) is 3.90. The minimum atomic E-state index is -4.65. The topological polar surface area (TPSA) is 96.1 Å². The van der Waals surface area contributed by atoms with Gasteiger partial charge in [-0.15, -0.1) is 0 Å². The predicted molar refractivity (Wildman–Crippen MR) is 127 cm³/mol. The van der Waals surface area contributed by atoms with Crippen LogP contribution in [0.5, 0.6) is 5.75 Å². The Morgan fingerprint density at radius 3 is 2.72 bits per heavy atom. The third-order valence-electron chi connectivity index (χ3n) is 6.35. The van der Waals surface area contributed by atoms with E-state index in [1.165, 1.54) is 18.5 Å². The van der Waals surface area contributed by atoms with E-state index in [1.807, 2.05) is 13.0 Å². The Morgan fingerprint density at radius 1 is 1.28 bits per heavy atom. The number of likely N-dealkylation sites (tertiary alicyclic amines) is 1. The van der Waals surface area contributed by atoms with Gasteiger partial charge in [0.15, 0.2) is 5.69 Å². The molecule has 0 spiro atoms. The van der Waals surface area contributed by atoms with Gasteiger partial charge in [0.25, 0.3) is 0 Å². The van der Waals surface area contributed by atoms with Crippen molar-refractivity contribution in [2.75, 3.05) is 26.2 Å². The van der Waals surface area contributed by atoms with E-state index in [4.69, 9.17) is 4.74 Å². The zero-order valence-corrected chi connectivity index (χ0v) is 20.1. The van der Waals surface area contributed by atoms with Crippen LogP contribution < -0.4 is 10.1 Å². The number of carbonyl (C=O) groups excluding carboxylic acids is 1. The summed E-state index contributed by atoms with van der Waals surface area (Å²) in [5.74, 6) is -0.392. The number of carbonyl (C=O) groups is 1. The molecule has 190 valence electrons. The molecule has 0 bridgehead atoms. The number of nitrogens with one attached hydrogen (secondary N) is 1. The summed E-state index contributed by atoms with van der Waals surface area (Å²) in [6.45, 7) is 3.98. The van der Waals surface area contributed by atoms with Crippen molar-refractivity contribution in [1.82, 2.24) is 24.8 Å². The molecule has 1 saturated heterocycles. The van der Waals surface area contributed by atoms with Gasteiger partial charge in [-0.05, 0) is 63.5 Å². The third-order valence-corrected chi connectivity index (χ3v) is 6.35. The van der Waals surface area contributed by atoms with Crippen molar-refractivity contribution in [2.24, 2.45) is 7.05 Å². The molecule has 1 unspecified atom stereocenters. The Kier molecular flexibility index (Phi) is 7.45. The van der Waals surface area contributed by atoms with E-state index >= 15 is 0 Å². The molecular weight excluding hydrogens is 473 g/mol. The van der Waals surface area contributed by atoms with Crippen molar-refractivity contribution in [2.45, 2.75) is 38.4 Å². The van der Waals surface area contributed by atoms with Gasteiger partial charge in [0.1, 0.15) is 17.3 Å². The number of ether oxygens (including phenoxy) is 1. The highest BCUT2D eigenvalue weighted by Crippen LogP contribution is 2.39. The lowest BCUT2D eigenvalue weighted by atomic mass is 10.1. The van der Waals surface area contributed by atoms with E-state index in [9.17, 15) is 23.2 Å². The normalized spacial score (nSPS) is 15.1. The Hall–Kier alpha value is -3.65. The smallest absolute Gasteiger partial charge is 0.419 e. The first kappa shape index (κ1) is 25.4. The number of hydrogen-bond acceptors (Lipinski definition) is 6. The molecule has 1 fully saturated rings. The van der Waals surface area contributed by atoms with Gasteiger partial charge < -0.3 is 14.6 Å². The van der Waals surface area contributed by atoms with E-state index < -0.39 is 11.7 Å². The van der Waals surface area contributed by atoms with Crippen LogP contribution in [0.25, 0.3) is 22.3 Å². The summed E-state index contributed by atoms with van der Waals surface area (Å²) in [6, 6.07) is 7.04. The van der Waals surface area contributed by atoms with Gasteiger partial charge in [0.2, 0.25) is 5.91 Å². The molecule has 0 saturated carbocycles. The molecular formula is C25H27F3N6O2. The molecule has 3 heterocycles. The molecule has 3 aromatic rings. The van der Waals surface area contributed by atoms with Crippen molar-refractivity contribution < 1.29 is 22.7 Å². The van der Waals surface area contributed by atoms with Crippen LogP contribution in [0.2, 0.25) is 0 Å². The molecule has 36 heavy (non-hydrogen) atoms. The largest absolute Gasteiger partial charge is 0.493 e. The average molecular weight is 501 g/mol. The minimum absolute atomic E-state index is 0.0125. The number of aryl methyl sites for hydroxylation is 1. The van der Waals surface area contributed by atoms with Crippen LogP contribution in [-0.2, 0) is 18.0 Å². The van der Waals surface area contributed by atoms with Gasteiger partial charge in [-0.2, -0.15) is 18.4 Å². The van der Waals surface area contributed by atoms with Crippen LogP contribution in [0.4, 0.5) is 13.2 Å². The quantitative estimate of drug-likeness (QED) is 0.472. The van der Waals surface area contributed by atoms with Gasteiger partial charge in [0.05, 0.1) is 35.8 Å². The lowest BCUT2D eigenvalue weighted by Crippen LogP contribution is -2.44. The molecule has 1 aliphatic rings. The Morgan fingerprint density at radius 2 is 2.03 bits per heavy atom. The second kappa shape index (κ2) is 10.5. The fraction of sp³-hybridized carbons (Fsp3) is 0.440. The number of alkyl halides is 3. The molecule has 1 aromatic carbocycles. The van der Waals surface area contributed by atoms with Crippen molar-refractivity contribution >= 4 is 16.9 Å². The number of nitriles is 1. The summed E-state index contributed by atoms with van der Waals surface area (Å²) in [4.78, 5) is 22.7. The summed E-state index contributed by atoms with van der Waals surface area (Å²) in [6.07, 6.45) is -0.607. The highest BCUT2D eigenvalue weighted by Gasteiger charge is 2.35. The van der Waals surface area contributed by atoms with Crippen molar-refractivity contribution in [3.05, 3.63) is 41.9 Å². The van der Waals surface area contributed by atoms with Crippen LogP contribution in [0, 0.1) is 11.3 Å². The highest BCUT2D eigenvalue weighted by molar-refractivity contribution is 5.84. The summed E-state index contributed by atoms with van der Waals surface area (Å²) in [5, 5.41) is 12.2. The second-order valence-corrected chi connectivity index (χ2v) is 8.81. The Balaban J connectivity index is 1.44. The van der Waals surface area contributed by atoms with E-state index in [1.54, 1.807) is 17.7 Å². The zero-order valence-electron chi connectivity index (χ0n) is 20.1. The standard InChI is InChI=1S/C25H27F3N6O2/c1-16(34-9-3-4-10-34)24(35)30-8-5-11-36-22-7-6-17(12-18(22)25(26,27)28)19-13-21-23(20(14-29)32-19)31-15-33(21)2/h6-7,12-13,15-16H,3-5,8-11H2,1-2H3,(H,30,35). The van der Waals surface area contributed by atoms with Crippen LogP contribution >= 0.6 is 0 Å². The molecule has 2 aromatic heterocycles. The number of halogens is 3. The summed E-state index contributed by atoms with van der Waals surface area (Å²) in [5.41, 5.74) is 0.523. The molecule has 1 N–H and O–H groups in total. The van der Waals surface area contributed by atoms with E-state index in [0.717, 1.165) is 32.0 Å². The van der Waals surface area contributed by atoms with Crippen LogP contribution in [0.3, 0.4) is 0 Å². The second-order valence-electron chi connectivity index (χ2n) is 8.81. The van der Waals surface area contributed by atoms with Crippen molar-refractivity contribution in [3.8, 4) is 23.1 Å². The van der Waals surface area contributed by atoms with Gasteiger partial charge >= 0.3 is 6.18 Å². The van der Waals surface area contributed by atoms with Gasteiger partial charge in [0, 0.05) is 19.2 Å². The monoisotopic (exact) mass is 500 g/mol. The molecule has 4 rings (SSSR count). The zero-order chi connectivity index (χ0) is 25.9.